The molecule has 1 unspecified atom stereocenters. The molecule has 0 bridgehead atoms. The highest BCUT2D eigenvalue weighted by atomic mass is 15.1. The van der Waals surface area contributed by atoms with Crippen molar-refractivity contribution >= 4 is 65.4 Å². The molecule has 356 valence electrons. The molecule has 1 saturated carbocycles. The minimum Gasteiger partial charge on any atom is -0.308 e. The van der Waals surface area contributed by atoms with Gasteiger partial charge in [0.1, 0.15) is 0 Å². The molecule has 75 heavy (non-hydrogen) atoms. The highest BCUT2D eigenvalue weighted by Gasteiger charge is 2.31. The first-order chi connectivity index (χ1) is 37.2. The highest BCUT2D eigenvalue weighted by molar-refractivity contribution is 6.40. The predicted molar refractivity (Wildman–Crippen MR) is 310 cm³/mol. The second-order valence-electron chi connectivity index (χ2n) is 20.1. The van der Waals surface area contributed by atoms with Crippen LogP contribution in [0.4, 0.5) is 0 Å². The van der Waals surface area contributed by atoms with Crippen LogP contribution < -0.4 is 0 Å². The Balaban J connectivity index is 0.893. The van der Waals surface area contributed by atoms with E-state index in [-0.39, 0.29) is 0 Å². The molecule has 1 aliphatic rings. The van der Waals surface area contributed by atoms with E-state index >= 15 is 0 Å². The Morgan fingerprint density at radius 3 is 0.947 bits per heavy atom. The first-order valence-corrected chi connectivity index (χ1v) is 26.3. The molecule has 0 saturated heterocycles. The molecule has 6 heteroatoms. The van der Waals surface area contributed by atoms with E-state index in [1.54, 1.807) is 0 Å². The smallest absolute Gasteiger partial charge is 0.164 e. The lowest BCUT2D eigenvalue weighted by Crippen LogP contribution is -2.16. The van der Waals surface area contributed by atoms with Crippen molar-refractivity contribution in [2.24, 2.45) is 0 Å². The largest absolute Gasteiger partial charge is 0.308 e. The molecule has 0 radical (unpaired) electrons. The van der Waals surface area contributed by atoms with Crippen LogP contribution in [0.1, 0.15) is 48.6 Å². The van der Waals surface area contributed by atoms with Crippen LogP contribution in [0.5, 0.6) is 0 Å². The van der Waals surface area contributed by atoms with E-state index in [0.717, 1.165) is 46.6 Å². The number of hydrogen-bond acceptors (Lipinski definition) is 3. The number of benzene rings is 10. The van der Waals surface area contributed by atoms with Crippen LogP contribution in [-0.2, 0) is 0 Å². The van der Waals surface area contributed by atoms with Gasteiger partial charge < -0.3 is 13.7 Å². The summed E-state index contributed by atoms with van der Waals surface area (Å²) in [4.78, 5) is 15.0. The zero-order valence-corrected chi connectivity index (χ0v) is 41.3. The van der Waals surface area contributed by atoms with E-state index in [2.05, 4.69) is 220 Å². The molecule has 10 aromatic carbocycles. The van der Waals surface area contributed by atoms with Gasteiger partial charge in [0.2, 0.25) is 0 Å². The van der Waals surface area contributed by atoms with Crippen LogP contribution in [0.25, 0.3) is 117 Å². The van der Waals surface area contributed by atoms with Crippen LogP contribution in [0.2, 0.25) is 0 Å². The van der Waals surface area contributed by atoms with Crippen LogP contribution in [0, 0.1) is 0 Å². The van der Waals surface area contributed by atoms with Gasteiger partial charge in [-0.15, -0.1) is 0 Å². The van der Waals surface area contributed by atoms with E-state index in [0.29, 0.717) is 29.3 Å². The summed E-state index contributed by atoms with van der Waals surface area (Å²) < 4.78 is 7.60. The molecule has 14 aromatic rings. The van der Waals surface area contributed by atoms with Crippen molar-refractivity contribution in [3.63, 3.8) is 0 Å². The molecule has 1 aliphatic carbocycles. The SMILES string of the molecule is c1ccc(-c2nc(-c3ccccc3)nc(-c3ccc(C4CCCC[C@@H]4c4ccc(-n5c6ccccc6c6c7c(c8ccccc8n7-c7ccccc7)c7c(c8ccccc8n7-c7ccccc7)c65)cc4)cc3)n2)cc1. The average Bonchev–Trinajstić information content (AvgIpc) is 4.35. The second-order valence-corrected chi connectivity index (χ2v) is 20.1. The van der Waals surface area contributed by atoms with Gasteiger partial charge in [0.05, 0.1) is 33.1 Å². The second kappa shape index (κ2) is 17.7. The van der Waals surface area contributed by atoms with Crippen molar-refractivity contribution in [3.05, 3.63) is 254 Å². The summed E-state index contributed by atoms with van der Waals surface area (Å²) in [7, 11) is 0. The van der Waals surface area contributed by atoms with Gasteiger partial charge in [-0.3, -0.25) is 0 Å². The fourth-order valence-corrected chi connectivity index (χ4v) is 12.7. The van der Waals surface area contributed by atoms with Crippen LogP contribution in [-0.4, -0.2) is 28.7 Å². The standard InChI is InChI=1S/C69H50N6/c1-5-21-47(22-6-1)67-70-68(48-23-7-2-8-24-48)72-69(71-67)49-39-37-45(38-40-49)53-29-13-14-30-54(53)46-41-43-52(44-42-46)75-60-36-20-17-33-57(60)63-65-61(55-31-15-18-34-58(55)73(65)50-25-9-3-10-26-50)64-62(66(63)75)56-32-16-19-35-59(56)74(64)51-27-11-4-12-28-51/h1-12,15-28,31-44,53-54H,13-14,29-30H2/t53?,54-/m1/s1. The summed E-state index contributed by atoms with van der Waals surface area (Å²) in [6.07, 6.45) is 4.74. The molecule has 4 heterocycles. The zero-order valence-electron chi connectivity index (χ0n) is 41.3. The van der Waals surface area contributed by atoms with Gasteiger partial charge in [0, 0.05) is 66.1 Å². The van der Waals surface area contributed by atoms with E-state index < -0.39 is 0 Å². The van der Waals surface area contributed by atoms with E-state index in [4.69, 9.17) is 15.0 Å². The Labute approximate surface area is 434 Å². The van der Waals surface area contributed by atoms with Crippen molar-refractivity contribution in [1.29, 1.82) is 0 Å². The average molecular weight is 963 g/mol. The monoisotopic (exact) mass is 962 g/mol. The lowest BCUT2D eigenvalue weighted by molar-refractivity contribution is 0.386. The molecule has 0 amide bonds. The molecule has 6 nitrogen and oxygen atoms in total. The van der Waals surface area contributed by atoms with Gasteiger partial charge in [-0.25, -0.2) is 15.0 Å². The number of fused-ring (bicyclic) bond motifs is 12. The van der Waals surface area contributed by atoms with Crippen LogP contribution >= 0.6 is 0 Å². The predicted octanol–water partition coefficient (Wildman–Crippen LogP) is 17.6. The molecule has 4 aromatic heterocycles. The lowest BCUT2D eigenvalue weighted by Gasteiger charge is -2.32. The summed E-state index contributed by atoms with van der Waals surface area (Å²) in [6, 6.07) is 88.0. The van der Waals surface area contributed by atoms with Gasteiger partial charge in [0.25, 0.3) is 0 Å². The van der Waals surface area contributed by atoms with Gasteiger partial charge in [-0.2, -0.15) is 0 Å². The van der Waals surface area contributed by atoms with E-state index in [1.165, 1.54) is 89.4 Å². The van der Waals surface area contributed by atoms with Crippen molar-refractivity contribution in [2.45, 2.75) is 37.5 Å². The molecular weight excluding hydrogens is 913 g/mol. The number of aromatic nitrogens is 6. The summed E-state index contributed by atoms with van der Waals surface area (Å²) in [5.74, 6) is 2.81. The summed E-state index contributed by atoms with van der Waals surface area (Å²) in [6.45, 7) is 0. The minimum atomic E-state index is 0.389. The fourth-order valence-electron chi connectivity index (χ4n) is 12.7. The molecular formula is C69H50N6. The van der Waals surface area contributed by atoms with Gasteiger partial charge >= 0.3 is 0 Å². The fraction of sp³-hybridized carbons (Fsp3) is 0.0870. The number of hydrogen-bond donors (Lipinski definition) is 0. The quantitative estimate of drug-likeness (QED) is 0.152. The van der Waals surface area contributed by atoms with Crippen molar-refractivity contribution in [1.82, 2.24) is 28.7 Å². The number of para-hydroxylation sites is 5. The van der Waals surface area contributed by atoms with Gasteiger partial charge in [-0.1, -0.05) is 201 Å². The summed E-state index contributed by atoms with van der Waals surface area (Å²) in [5.41, 5.74) is 16.4. The van der Waals surface area contributed by atoms with Crippen molar-refractivity contribution in [3.8, 4) is 51.2 Å². The molecule has 0 N–H and O–H groups in total. The topological polar surface area (TPSA) is 53.5 Å². The van der Waals surface area contributed by atoms with Crippen LogP contribution in [0.3, 0.4) is 0 Å². The minimum absolute atomic E-state index is 0.389. The molecule has 15 rings (SSSR count). The Hall–Kier alpha value is -9.39. The number of nitrogens with zero attached hydrogens (tertiary/aromatic N) is 6. The Bertz CT molecular complexity index is 4310. The maximum Gasteiger partial charge on any atom is 0.164 e. The molecule has 0 spiro atoms. The maximum absolute atomic E-state index is 5.03. The van der Waals surface area contributed by atoms with E-state index in [1.807, 2.05) is 36.4 Å². The van der Waals surface area contributed by atoms with E-state index in [9.17, 15) is 0 Å². The lowest BCUT2D eigenvalue weighted by atomic mass is 9.72. The Morgan fingerprint density at radius 1 is 0.280 bits per heavy atom. The third-order valence-corrected chi connectivity index (χ3v) is 16.0. The Morgan fingerprint density at radius 2 is 0.573 bits per heavy atom. The zero-order chi connectivity index (χ0) is 49.4. The first-order valence-electron chi connectivity index (χ1n) is 26.3. The molecule has 0 aliphatic heterocycles. The first kappa shape index (κ1) is 43.2. The summed E-state index contributed by atoms with van der Waals surface area (Å²) in [5, 5.41) is 7.48. The molecule has 1 fully saturated rings. The van der Waals surface area contributed by atoms with Crippen LogP contribution in [0.15, 0.2) is 243 Å². The third-order valence-electron chi connectivity index (χ3n) is 16.0. The van der Waals surface area contributed by atoms with Crippen molar-refractivity contribution in [2.75, 3.05) is 0 Å². The van der Waals surface area contributed by atoms with Crippen molar-refractivity contribution < 1.29 is 0 Å². The maximum atomic E-state index is 5.03. The third kappa shape index (κ3) is 6.97. The number of rotatable bonds is 8. The normalized spacial score (nSPS) is 15.0. The Kier molecular flexibility index (Phi) is 10.2. The molecule has 2 atom stereocenters. The van der Waals surface area contributed by atoms with Gasteiger partial charge in [0.15, 0.2) is 17.5 Å². The highest BCUT2D eigenvalue weighted by Crippen LogP contribution is 2.51. The summed E-state index contributed by atoms with van der Waals surface area (Å²) >= 11 is 0. The van der Waals surface area contributed by atoms with Gasteiger partial charge in [-0.05, 0) is 90.4 Å².